The van der Waals surface area contributed by atoms with Crippen molar-refractivity contribution in [2.75, 3.05) is 46.0 Å². The van der Waals surface area contributed by atoms with E-state index in [4.69, 9.17) is 4.74 Å². The molecule has 8 heteroatoms. The lowest BCUT2D eigenvalue weighted by Crippen LogP contribution is -2.47. The van der Waals surface area contributed by atoms with Crippen LogP contribution >= 0.6 is 0 Å². The van der Waals surface area contributed by atoms with Crippen LogP contribution in [-0.2, 0) is 9.47 Å². The van der Waals surface area contributed by atoms with Crippen LogP contribution in [0.4, 0.5) is 18.0 Å². The molecule has 2 rings (SSSR count). The second-order valence-corrected chi connectivity index (χ2v) is 5.07. The largest absolute Gasteiger partial charge is 0.440 e. The van der Waals surface area contributed by atoms with Crippen molar-refractivity contribution in [1.82, 2.24) is 9.80 Å². The van der Waals surface area contributed by atoms with Crippen molar-refractivity contribution in [2.45, 2.75) is 25.1 Å². The molecule has 2 heterocycles. The fraction of sp³-hybridized carbons (Fsp3) is 0.917. The standard InChI is InChI=1S/C12H19F3N2O3/c13-12(14,15)9-20-11(18)17-3-1-2-10(17)8-16-4-6-19-7-5-16/h10H,1-9H2/t10-/m0/s1. The summed E-state index contributed by atoms with van der Waals surface area (Å²) in [7, 11) is 0. The van der Waals surface area contributed by atoms with E-state index in [1.54, 1.807) is 0 Å². The van der Waals surface area contributed by atoms with E-state index in [0.29, 0.717) is 26.3 Å². The average molecular weight is 296 g/mol. The zero-order valence-electron chi connectivity index (χ0n) is 11.2. The van der Waals surface area contributed by atoms with E-state index in [0.717, 1.165) is 25.9 Å². The first-order valence-electron chi connectivity index (χ1n) is 6.76. The van der Waals surface area contributed by atoms with E-state index >= 15 is 0 Å². The van der Waals surface area contributed by atoms with Crippen LogP contribution in [0.2, 0.25) is 0 Å². The monoisotopic (exact) mass is 296 g/mol. The molecule has 116 valence electrons. The molecular weight excluding hydrogens is 277 g/mol. The summed E-state index contributed by atoms with van der Waals surface area (Å²) in [5.41, 5.74) is 0. The minimum Gasteiger partial charge on any atom is -0.440 e. The highest BCUT2D eigenvalue weighted by atomic mass is 19.4. The van der Waals surface area contributed by atoms with Gasteiger partial charge in [0, 0.05) is 32.2 Å². The Balaban J connectivity index is 1.81. The molecule has 1 amide bonds. The molecular formula is C12H19F3N2O3. The van der Waals surface area contributed by atoms with Crippen molar-refractivity contribution in [3.63, 3.8) is 0 Å². The van der Waals surface area contributed by atoms with E-state index in [-0.39, 0.29) is 6.04 Å². The third-order valence-corrected chi connectivity index (χ3v) is 3.54. The minimum absolute atomic E-state index is 0.0613. The maximum Gasteiger partial charge on any atom is 0.422 e. The lowest BCUT2D eigenvalue weighted by molar-refractivity contribution is -0.162. The third kappa shape index (κ3) is 4.52. The summed E-state index contributed by atoms with van der Waals surface area (Å²) in [6, 6.07) is -0.0613. The Morgan fingerprint density at radius 3 is 2.60 bits per heavy atom. The van der Waals surface area contributed by atoms with Crippen LogP contribution in [0.1, 0.15) is 12.8 Å². The highest BCUT2D eigenvalue weighted by molar-refractivity contribution is 5.68. The highest BCUT2D eigenvalue weighted by Gasteiger charge is 2.35. The summed E-state index contributed by atoms with van der Waals surface area (Å²) in [5, 5.41) is 0. The molecule has 0 bridgehead atoms. The number of hydrogen-bond donors (Lipinski definition) is 0. The predicted octanol–water partition coefficient (Wildman–Crippen LogP) is 1.48. The molecule has 0 spiro atoms. The van der Waals surface area contributed by atoms with Gasteiger partial charge in [-0.25, -0.2) is 4.79 Å². The number of carbonyl (C=O) groups is 1. The van der Waals surface area contributed by atoms with Crippen molar-refractivity contribution in [3.05, 3.63) is 0 Å². The molecule has 2 saturated heterocycles. The maximum absolute atomic E-state index is 12.1. The number of likely N-dealkylation sites (tertiary alicyclic amines) is 1. The van der Waals surface area contributed by atoms with Crippen LogP contribution in [0.3, 0.4) is 0 Å². The first-order valence-corrected chi connectivity index (χ1v) is 6.76. The first-order chi connectivity index (χ1) is 9.46. The number of alkyl halides is 3. The van der Waals surface area contributed by atoms with Crippen LogP contribution in [0.5, 0.6) is 0 Å². The van der Waals surface area contributed by atoms with Gasteiger partial charge in [-0.15, -0.1) is 0 Å². The summed E-state index contributed by atoms with van der Waals surface area (Å²) >= 11 is 0. The van der Waals surface area contributed by atoms with E-state index in [1.807, 2.05) is 0 Å². The highest BCUT2D eigenvalue weighted by Crippen LogP contribution is 2.21. The van der Waals surface area contributed by atoms with Gasteiger partial charge in [-0.1, -0.05) is 0 Å². The van der Waals surface area contributed by atoms with Gasteiger partial charge in [0.25, 0.3) is 0 Å². The molecule has 2 aliphatic rings. The molecule has 20 heavy (non-hydrogen) atoms. The van der Waals surface area contributed by atoms with Gasteiger partial charge in [0.05, 0.1) is 13.2 Å². The Kier molecular flexibility index (Phi) is 5.09. The number of nitrogens with zero attached hydrogens (tertiary/aromatic N) is 2. The summed E-state index contributed by atoms with van der Waals surface area (Å²) in [6.07, 6.45) is -3.73. The Morgan fingerprint density at radius 1 is 1.25 bits per heavy atom. The van der Waals surface area contributed by atoms with E-state index in [2.05, 4.69) is 9.64 Å². The van der Waals surface area contributed by atoms with Crippen molar-refractivity contribution < 1.29 is 27.4 Å². The lowest BCUT2D eigenvalue weighted by Gasteiger charge is -2.32. The fourth-order valence-corrected chi connectivity index (χ4v) is 2.57. The molecule has 2 aliphatic heterocycles. The summed E-state index contributed by atoms with van der Waals surface area (Å²) in [5.74, 6) is 0. The van der Waals surface area contributed by atoms with Gasteiger partial charge in [-0.3, -0.25) is 4.90 Å². The van der Waals surface area contributed by atoms with Gasteiger partial charge >= 0.3 is 12.3 Å². The van der Waals surface area contributed by atoms with Gasteiger partial charge < -0.3 is 14.4 Å². The minimum atomic E-state index is -4.48. The van der Waals surface area contributed by atoms with E-state index < -0.39 is 18.9 Å². The molecule has 0 aliphatic carbocycles. The normalized spacial score (nSPS) is 24.9. The molecule has 0 radical (unpaired) electrons. The van der Waals surface area contributed by atoms with Crippen LogP contribution in [0.15, 0.2) is 0 Å². The smallest absolute Gasteiger partial charge is 0.422 e. The van der Waals surface area contributed by atoms with Crippen molar-refractivity contribution in [3.8, 4) is 0 Å². The fourth-order valence-electron chi connectivity index (χ4n) is 2.57. The average Bonchev–Trinajstić information content (AvgIpc) is 2.84. The number of carbonyl (C=O) groups excluding carboxylic acids is 1. The lowest BCUT2D eigenvalue weighted by atomic mass is 10.2. The molecule has 0 aromatic rings. The number of halogens is 3. The van der Waals surface area contributed by atoms with Gasteiger partial charge in [0.15, 0.2) is 6.61 Å². The molecule has 0 aromatic heterocycles. The van der Waals surface area contributed by atoms with E-state index in [9.17, 15) is 18.0 Å². The second-order valence-electron chi connectivity index (χ2n) is 5.07. The Bertz CT molecular complexity index is 332. The second kappa shape index (κ2) is 6.62. The maximum atomic E-state index is 12.1. The van der Waals surface area contributed by atoms with Crippen LogP contribution in [0, 0.1) is 0 Å². The number of morpholine rings is 1. The van der Waals surface area contributed by atoms with E-state index in [1.165, 1.54) is 4.90 Å². The molecule has 0 unspecified atom stereocenters. The van der Waals surface area contributed by atoms with Crippen LogP contribution < -0.4 is 0 Å². The quantitative estimate of drug-likeness (QED) is 0.791. The topological polar surface area (TPSA) is 42.0 Å². The zero-order valence-corrected chi connectivity index (χ0v) is 11.2. The molecule has 2 fully saturated rings. The number of hydrogen-bond acceptors (Lipinski definition) is 4. The summed E-state index contributed by atoms with van der Waals surface area (Å²) < 4.78 is 45.7. The Labute approximate surface area is 115 Å². The molecule has 1 atom stereocenters. The summed E-state index contributed by atoms with van der Waals surface area (Å²) in [6.45, 7) is 2.52. The first kappa shape index (κ1) is 15.4. The van der Waals surface area contributed by atoms with Crippen LogP contribution in [-0.4, -0.2) is 74.1 Å². The molecule has 0 saturated carbocycles. The zero-order chi connectivity index (χ0) is 14.6. The van der Waals surface area contributed by atoms with Gasteiger partial charge in [-0.05, 0) is 12.8 Å². The van der Waals surface area contributed by atoms with Gasteiger partial charge in [-0.2, -0.15) is 13.2 Å². The molecule has 0 aromatic carbocycles. The SMILES string of the molecule is O=C(OCC(F)(F)F)N1CCC[C@H]1CN1CCOCC1. The third-order valence-electron chi connectivity index (χ3n) is 3.54. The van der Waals surface area contributed by atoms with Crippen LogP contribution in [0.25, 0.3) is 0 Å². The van der Waals surface area contributed by atoms with Crippen molar-refractivity contribution >= 4 is 6.09 Å². The van der Waals surface area contributed by atoms with Gasteiger partial charge in [0.1, 0.15) is 0 Å². The molecule has 5 nitrogen and oxygen atoms in total. The Hall–Kier alpha value is -1.02. The van der Waals surface area contributed by atoms with Gasteiger partial charge in [0.2, 0.25) is 0 Å². The number of amides is 1. The van der Waals surface area contributed by atoms with Crippen molar-refractivity contribution in [1.29, 1.82) is 0 Å². The Morgan fingerprint density at radius 2 is 1.95 bits per heavy atom. The molecule has 0 N–H and O–H groups in total. The predicted molar refractivity (Wildman–Crippen MR) is 64.4 cm³/mol. The summed E-state index contributed by atoms with van der Waals surface area (Å²) in [4.78, 5) is 15.3. The van der Waals surface area contributed by atoms with Crippen molar-refractivity contribution in [2.24, 2.45) is 0 Å². The number of rotatable bonds is 3. The number of ether oxygens (including phenoxy) is 2.